The summed E-state index contributed by atoms with van der Waals surface area (Å²) in [6.45, 7) is 7.85. The molecular formula is C11H19NOS. The number of hydrogen-bond donors (Lipinski definition) is 1. The van der Waals surface area contributed by atoms with Crippen LogP contribution in [0.5, 0.6) is 0 Å². The van der Waals surface area contributed by atoms with E-state index in [9.17, 15) is 0 Å². The Kier molecular flexibility index (Phi) is 5.83. The van der Waals surface area contributed by atoms with Gasteiger partial charge in [0.1, 0.15) is 0 Å². The molecular weight excluding hydrogens is 194 g/mol. The predicted molar refractivity (Wildman–Crippen MR) is 61.6 cm³/mol. The zero-order chi connectivity index (χ0) is 10.2. The summed E-state index contributed by atoms with van der Waals surface area (Å²) in [6.07, 6.45) is 1.19. The van der Waals surface area contributed by atoms with E-state index in [1.54, 1.807) is 0 Å². The van der Waals surface area contributed by atoms with E-state index in [1.807, 2.05) is 18.3 Å². The standard InChI is InChI=1S/C11H19NOS/c1-3-7-12-8-10-5-6-11(14-10)9-13-4-2/h5-6,12H,3-4,7-9H2,1-2H3. The van der Waals surface area contributed by atoms with E-state index in [-0.39, 0.29) is 0 Å². The molecule has 2 nitrogen and oxygen atoms in total. The number of thiophene rings is 1. The molecule has 1 N–H and O–H groups in total. The summed E-state index contributed by atoms with van der Waals surface area (Å²) in [4.78, 5) is 2.72. The van der Waals surface area contributed by atoms with Gasteiger partial charge < -0.3 is 10.1 Å². The Morgan fingerprint density at radius 2 is 2.07 bits per heavy atom. The Balaban J connectivity index is 2.27. The van der Waals surface area contributed by atoms with Crippen molar-refractivity contribution < 1.29 is 4.74 Å². The van der Waals surface area contributed by atoms with Crippen LogP contribution in [0.2, 0.25) is 0 Å². The molecule has 0 saturated carbocycles. The van der Waals surface area contributed by atoms with Crippen molar-refractivity contribution in [2.24, 2.45) is 0 Å². The molecule has 0 amide bonds. The minimum atomic E-state index is 0.759. The summed E-state index contributed by atoms with van der Waals surface area (Å²) in [7, 11) is 0. The van der Waals surface area contributed by atoms with Gasteiger partial charge in [-0.05, 0) is 32.0 Å². The van der Waals surface area contributed by atoms with Crippen molar-refractivity contribution in [2.45, 2.75) is 33.4 Å². The average Bonchev–Trinajstić information content (AvgIpc) is 2.63. The second-order valence-corrected chi connectivity index (χ2v) is 4.43. The van der Waals surface area contributed by atoms with Crippen LogP contribution in [-0.2, 0) is 17.9 Å². The lowest BCUT2D eigenvalue weighted by Crippen LogP contribution is -2.12. The molecule has 0 bridgehead atoms. The molecule has 0 atom stereocenters. The minimum absolute atomic E-state index is 0.759. The lowest BCUT2D eigenvalue weighted by Gasteiger charge is -1.99. The summed E-state index contributed by atoms with van der Waals surface area (Å²) in [5, 5.41) is 3.39. The van der Waals surface area contributed by atoms with Crippen molar-refractivity contribution in [3.05, 3.63) is 21.9 Å². The van der Waals surface area contributed by atoms with Crippen LogP contribution in [0, 0.1) is 0 Å². The zero-order valence-corrected chi connectivity index (χ0v) is 9.82. The third-order valence-electron chi connectivity index (χ3n) is 1.89. The maximum absolute atomic E-state index is 5.35. The molecule has 0 radical (unpaired) electrons. The maximum Gasteiger partial charge on any atom is 0.0809 e. The molecule has 0 fully saturated rings. The molecule has 1 aromatic rings. The summed E-state index contributed by atoms with van der Waals surface area (Å²) >= 11 is 1.84. The van der Waals surface area contributed by atoms with E-state index in [1.165, 1.54) is 16.2 Å². The van der Waals surface area contributed by atoms with E-state index in [0.29, 0.717) is 0 Å². The Bertz CT molecular complexity index is 247. The molecule has 80 valence electrons. The van der Waals surface area contributed by atoms with Gasteiger partial charge in [-0.1, -0.05) is 6.92 Å². The second kappa shape index (κ2) is 6.98. The first-order valence-corrected chi connectivity index (χ1v) is 6.04. The van der Waals surface area contributed by atoms with Gasteiger partial charge in [-0.15, -0.1) is 11.3 Å². The molecule has 0 aromatic carbocycles. The smallest absolute Gasteiger partial charge is 0.0809 e. The lowest BCUT2D eigenvalue weighted by molar-refractivity contribution is 0.136. The Morgan fingerprint density at radius 1 is 1.29 bits per heavy atom. The van der Waals surface area contributed by atoms with Gasteiger partial charge in [0, 0.05) is 22.9 Å². The third-order valence-corrected chi connectivity index (χ3v) is 2.95. The highest BCUT2D eigenvalue weighted by Crippen LogP contribution is 2.16. The molecule has 0 aliphatic rings. The highest BCUT2D eigenvalue weighted by atomic mass is 32.1. The highest BCUT2D eigenvalue weighted by molar-refractivity contribution is 7.11. The first kappa shape index (κ1) is 11.7. The van der Waals surface area contributed by atoms with Gasteiger partial charge in [0.25, 0.3) is 0 Å². The summed E-state index contributed by atoms with van der Waals surface area (Å²) in [5.74, 6) is 0. The van der Waals surface area contributed by atoms with Gasteiger partial charge in [0.2, 0.25) is 0 Å². The Morgan fingerprint density at radius 3 is 2.79 bits per heavy atom. The Hall–Kier alpha value is -0.380. The van der Waals surface area contributed by atoms with E-state index >= 15 is 0 Å². The van der Waals surface area contributed by atoms with Crippen LogP contribution >= 0.6 is 11.3 Å². The van der Waals surface area contributed by atoms with E-state index in [2.05, 4.69) is 24.4 Å². The highest BCUT2D eigenvalue weighted by Gasteiger charge is 1.99. The molecule has 14 heavy (non-hydrogen) atoms. The molecule has 0 spiro atoms. The van der Waals surface area contributed by atoms with Gasteiger partial charge in [-0.2, -0.15) is 0 Å². The molecule has 0 aliphatic heterocycles. The van der Waals surface area contributed by atoms with Crippen LogP contribution in [0.25, 0.3) is 0 Å². The van der Waals surface area contributed by atoms with Gasteiger partial charge in [0.05, 0.1) is 6.61 Å². The van der Waals surface area contributed by atoms with Crippen LogP contribution in [0.3, 0.4) is 0 Å². The largest absolute Gasteiger partial charge is 0.376 e. The molecule has 1 heterocycles. The monoisotopic (exact) mass is 213 g/mol. The van der Waals surface area contributed by atoms with Crippen molar-refractivity contribution in [1.29, 1.82) is 0 Å². The zero-order valence-electron chi connectivity index (χ0n) is 9.01. The number of rotatable bonds is 7. The van der Waals surface area contributed by atoms with E-state index in [0.717, 1.165) is 26.3 Å². The van der Waals surface area contributed by atoms with Gasteiger partial charge in [-0.25, -0.2) is 0 Å². The van der Waals surface area contributed by atoms with Crippen LogP contribution in [-0.4, -0.2) is 13.2 Å². The van der Waals surface area contributed by atoms with Crippen molar-refractivity contribution in [3.8, 4) is 0 Å². The molecule has 0 saturated heterocycles. The van der Waals surface area contributed by atoms with Crippen molar-refractivity contribution in [1.82, 2.24) is 5.32 Å². The molecule has 1 rings (SSSR count). The topological polar surface area (TPSA) is 21.3 Å². The predicted octanol–water partition coefficient (Wildman–Crippen LogP) is 2.78. The first-order chi connectivity index (χ1) is 6.86. The van der Waals surface area contributed by atoms with E-state index in [4.69, 9.17) is 4.74 Å². The van der Waals surface area contributed by atoms with Gasteiger partial charge in [-0.3, -0.25) is 0 Å². The normalized spacial score (nSPS) is 10.7. The second-order valence-electron chi connectivity index (χ2n) is 3.18. The summed E-state index contributed by atoms with van der Waals surface area (Å²) in [6, 6.07) is 4.34. The Labute approximate surface area is 90.3 Å². The fourth-order valence-corrected chi connectivity index (χ4v) is 2.11. The van der Waals surface area contributed by atoms with Gasteiger partial charge in [0.15, 0.2) is 0 Å². The van der Waals surface area contributed by atoms with Crippen LogP contribution in [0.15, 0.2) is 12.1 Å². The average molecular weight is 213 g/mol. The van der Waals surface area contributed by atoms with Crippen molar-refractivity contribution in [3.63, 3.8) is 0 Å². The van der Waals surface area contributed by atoms with Crippen LogP contribution < -0.4 is 5.32 Å². The number of nitrogens with one attached hydrogen (secondary N) is 1. The fraction of sp³-hybridized carbons (Fsp3) is 0.636. The SMILES string of the molecule is CCCNCc1ccc(COCC)s1. The van der Waals surface area contributed by atoms with Gasteiger partial charge >= 0.3 is 0 Å². The molecule has 0 aliphatic carbocycles. The van der Waals surface area contributed by atoms with Crippen LogP contribution in [0.1, 0.15) is 30.0 Å². The molecule has 1 aromatic heterocycles. The number of ether oxygens (including phenoxy) is 1. The third kappa shape index (κ3) is 4.22. The maximum atomic E-state index is 5.35. The minimum Gasteiger partial charge on any atom is -0.376 e. The fourth-order valence-electron chi connectivity index (χ4n) is 1.19. The van der Waals surface area contributed by atoms with Crippen molar-refractivity contribution in [2.75, 3.05) is 13.2 Å². The lowest BCUT2D eigenvalue weighted by atomic mass is 10.4. The van der Waals surface area contributed by atoms with Crippen LogP contribution in [0.4, 0.5) is 0 Å². The number of hydrogen-bond acceptors (Lipinski definition) is 3. The quantitative estimate of drug-likeness (QED) is 0.703. The van der Waals surface area contributed by atoms with E-state index < -0.39 is 0 Å². The van der Waals surface area contributed by atoms with Crippen molar-refractivity contribution >= 4 is 11.3 Å². The molecule has 3 heteroatoms. The summed E-state index contributed by atoms with van der Waals surface area (Å²) in [5.41, 5.74) is 0. The first-order valence-electron chi connectivity index (χ1n) is 5.22. The molecule has 0 unspecified atom stereocenters. The summed E-state index contributed by atoms with van der Waals surface area (Å²) < 4.78 is 5.35.